The second kappa shape index (κ2) is 8.71. The monoisotopic (exact) mass is 262 g/mol. The van der Waals surface area contributed by atoms with E-state index >= 15 is 0 Å². The molecule has 7 heteroatoms. The third kappa shape index (κ3) is 6.41. The van der Waals surface area contributed by atoms with Gasteiger partial charge in [0.1, 0.15) is 6.04 Å². The van der Waals surface area contributed by atoms with E-state index in [9.17, 15) is 14.7 Å². The zero-order valence-electron chi connectivity index (χ0n) is 11.0. The zero-order chi connectivity index (χ0) is 14.1. The van der Waals surface area contributed by atoms with E-state index in [1.165, 1.54) is 19.1 Å². The number of carboxylic acids is 1. The van der Waals surface area contributed by atoms with E-state index in [0.717, 1.165) is 0 Å². The molecular formula is C11H22N2O5. The first-order chi connectivity index (χ1) is 8.42. The minimum Gasteiger partial charge on any atom is -0.480 e. The van der Waals surface area contributed by atoms with Crippen molar-refractivity contribution in [2.45, 2.75) is 31.9 Å². The lowest BCUT2D eigenvalue weighted by atomic mass is 10.2. The molecule has 2 unspecified atom stereocenters. The number of likely N-dealkylation sites (N-methyl/N-ethyl adjacent to an activating group) is 1. The minimum absolute atomic E-state index is 0.0815. The van der Waals surface area contributed by atoms with Crippen molar-refractivity contribution in [2.24, 2.45) is 0 Å². The summed E-state index contributed by atoms with van der Waals surface area (Å²) >= 11 is 0. The van der Waals surface area contributed by atoms with Crippen molar-refractivity contribution in [2.75, 3.05) is 27.3 Å². The molecule has 0 aliphatic carbocycles. The van der Waals surface area contributed by atoms with Crippen molar-refractivity contribution in [3.8, 4) is 0 Å². The Labute approximate surface area is 107 Å². The van der Waals surface area contributed by atoms with E-state index < -0.39 is 24.1 Å². The minimum atomic E-state index is -1.06. The van der Waals surface area contributed by atoms with E-state index in [1.54, 1.807) is 0 Å². The van der Waals surface area contributed by atoms with Gasteiger partial charge in [-0.05, 0) is 6.42 Å². The number of rotatable bonds is 8. The summed E-state index contributed by atoms with van der Waals surface area (Å²) in [7, 11) is 2.93. The number of nitrogens with one attached hydrogen (secondary N) is 1. The molecule has 0 heterocycles. The van der Waals surface area contributed by atoms with Gasteiger partial charge in [-0.15, -0.1) is 0 Å². The Balaban J connectivity index is 4.23. The van der Waals surface area contributed by atoms with Gasteiger partial charge in [0, 0.05) is 14.2 Å². The van der Waals surface area contributed by atoms with Gasteiger partial charge < -0.3 is 25.2 Å². The summed E-state index contributed by atoms with van der Waals surface area (Å²) in [6.07, 6.45) is 0.239. The van der Waals surface area contributed by atoms with Crippen LogP contribution in [0.25, 0.3) is 0 Å². The van der Waals surface area contributed by atoms with Crippen LogP contribution >= 0.6 is 0 Å². The summed E-state index contributed by atoms with van der Waals surface area (Å²) in [5, 5.41) is 20.8. The Kier molecular flexibility index (Phi) is 8.06. The first kappa shape index (κ1) is 16.7. The van der Waals surface area contributed by atoms with Crippen molar-refractivity contribution >= 4 is 12.0 Å². The Morgan fingerprint density at radius 1 is 1.44 bits per heavy atom. The highest BCUT2D eigenvalue weighted by atomic mass is 16.5. The lowest BCUT2D eigenvalue weighted by Crippen LogP contribution is -2.48. The van der Waals surface area contributed by atoms with Crippen LogP contribution < -0.4 is 5.32 Å². The van der Waals surface area contributed by atoms with Gasteiger partial charge in [-0.3, -0.25) is 0 Å². The van der Waals surface area contributed by atoms with Gasteiger partial charge in [0.25, 0.3) is 0 Å². The second-order valence-electron chi connectivity index (χ2n) is 4.12. The third-order valence-corrected chi connectivity index (χ3v) is 2.36. The molecular weight excluding hydrogens is 240 g/mol. The number of urea groups is 1. The molecule has 0 saturated heterocycles. The number of nitrogens with zero attached hydrogens (tertiary/aromatic N) is 1. The maximum absolute atomic E-state index is 11.7. The number of hydrogen-bond donors (Lipinski definition) is 3. The maximum Gasteiger partial charge on any atom is 0.326 e. The molecule has 0 aromatic heterocycles. The second-order valence-corrected chi connectivity index (χ2v) is 4.12. The van der Waals surface area contributed by atoms with E-state index in [0.29, 0.717) is 12.8 Å². The molecule has 2 amide bonds. The maximum atomic E-state index is 11.7. The smallest absolute Gasteiger partial charge is 0.326 e. The number of methoxy groups -OCH3 is 1. The molecule has 0 saturated carbocycles. The molecule has 0 aromatic carbocycles. The fourth-order valence-electron chi connectivity index (χ4n) is 1.45. The number of aliphatic carboxylic acids is 1. The first-order valence-corrected chi connectivity index (χ1v) is 5.83. The van der Waals surface area contributed by atoms with E-state index in [-0.39, 0.29) is 13.2 Å². The van der Waals surface area contributed by atoms with Crippen LogP contribution in [-0.2, 0) is 9.53 Å². The van der Waals surface area contributed by atoms with Crippen LogP contribution in [0.4, 0.5) is 4.79 Å². The SMILES string of the molecule is CCCC(NC(=O)N(C)CC(O)COC)C(=O)O. The average Bonchev–Trinajstić information content (AvgIpc) is 2.28. The fourth-order valence-corrected chi connectivity index (χ4v) is 1.45. The number of aliphatic hydroxyl groups is 1. The summed E-state index contributed by atoms with van der Waals surface area (Å²) in [4.78, 5) is 23.8. The molecule has 3 N–H and O–H groups in total. The van der Waals surface area contributed by atoms with Gasteiger partial charge in [-0.25, -0.2) is 9.59 Å². The Bertz CT molecular complexity index is 272. The highest BCUT2D eigenvalue weighted by Gasteiger charge is 2.21. The number of aliphatic hydroxyl groups excluding tert-OH is 1. The van der Waals surface area contributed by atoms with E-state index in [1.807, 2.05) is 6.92 Å². The largest absolute Gasteiger partial charge is 0.480 e. The summed E-state index contributed by atoms with van der Waals surface area (Å²) in [5.41, 5.74) is 0. The van der Waals surface area contributed by atoms with E-state index in [2.05, 4.69) is 5.32 Å². The van der Waals surface area contributed by atoms with Crippen LogP contribution in [0.1, 0.15) is 19.8 Å². The zero-order valence-corrected chi connectivity index (χ0v) is 11.0. The molecule has 0 rings (SSSR count). The predicted octanol–water partition coefficient (Wildman–Crippen LogP) is -0.112. The standard InChI is InChI=1S/C11H22N2O5/c1-4-5-9(10(15)16)12-11(17)13(2)6-8(14)7-18-3/h8-9,14H,4-7H2,1-3H3,(H,12,17)(H,15,16). The van der Waals surface area contributed by atoms with Crippen molar-refractivity contribution in [3.05, 3.63) is 0 Å². The fraction of sp³-hybridized carbons (Fsp3) is 0.818. The molecule has 2 atom stereocenters. The van der Waals surface area contributed by atoms with Crippen molar-refractivity contribution < 1.29 is 24.5 Å². The molecule has 0 fully saturated rings. The molecule has 0 radical (unpaired) electrons. The van der Waals surface area contributed by atoms with Gasteiger partial charge >= 0.3 is 12.0 Å². The molecule has 106 valence electrons. The van der Waals surface area contributed by atoms with Crippen LogP contribution in [0.3, 0.4) is 0 Å². The summed E-state index contributed by atoms with van der Waals surface area (Å²) in [5.74, 6) is -1.06. The number of ether oxygens (including phenoxy) is 1. The van der Waals surface area contributed by atoms with Gasteiger partial charge in [-0.2, -0.15) is 0 Å². The van der Waals surface area contributed by atoms with Gasteiger partial charge in [0.05, 0.1) is 19.3 Å². The molecule has 7 nitrogen and oxygen atoms in total. The van der Waals surface area contributed by atoms with Crippen LogP contribution in [0.5, 0.6) is 0 Å². The van der Waals surface area contributed by atoms with Crippen LogP contribution in [0, 0.1) is 0 Å². The van der Waals surface area contributed by atoms with Crippen LogP contribution in [0.2, 0.25) is 0 Å². The first-order valence-electron chi connectivity index (χ1n) is 5.83. The van der Waals surface area contributed by atoms with Crippen molar-refractivity contribution in [3.63, 3.8) is 0 Å². The number of amides is 2. The molecule has 0 bridgehead atoms. The van der Waals surface area contributed by atoms with Crippen molar-refractivity contribution in [1.82, 2.24) is 10.2 Å². The third-order valence-electron chi connectivity index (χ3n) is 2.36. The van der Waals surface area contributed by atoms with Crippen molar-refractivity contribution in [1.29, 1.82) is 0 Å². The highest BCUT2D eigenvalue weighted by molar-refractivity contribution is 5.82. The lowest BCUT2D eigenvalue weighted by Gasteiger charge is -2.23. The van der Waals surface area contributed by atoms with Crippen LogP contribution in [0.15, 0.2) is 0 Å². The van der Waals surface area contributed by atoms with Gasteiger partial charge in [0.15, 0.2) is 0 Å². The topological polar surface area (TPSA) is 99.1 Å². The summed E-state index contributed by atoms with van der Waals surface area (Å²) < 4.78 is 4.74. The molecule has 18 heavy (non-hydrogen) atoms. The number of carbonyl (C=O) groups excluding carboxylic acids is 1. The quantitative estimate of drug-likeness (QED) is 0.567. The average molecular weight is 262 g/mol. The van der Waals surface area contributed by atoms with Gasteiger partial charge in [-0.1, -0.05) is 13.3 Å². The Hall–Kier alpha value is -1.34. The molecule has 0 aliphatic rings. The summed E-state index contributed by atoms with van der Waals surface area (Å²) in [6.45, 7) is 2.04. The summed E-state index contributed by atoms with van der Waals surface area (Å²) in [6, 6.07) is -1.42. The molecule has 0 spiro atoms. The lowest BCUT2D eigenvalue weighted by molar-refractivity contribution is -0.139. The van der Waals surface area contributed by atoms with E-state index in [4.69, 9.17) is 9.84 Å². The predicted molar refractivity (Wildman–Crippen MR) is 65.4 cm³/mol. The molecule has 0 aliphatic heterocycles. The molecule has 0 aromatic rings. The highest BCUT2D eigenvalue weighted by Crippen LogP contribution is 1.99. The van der Waals surface area contributed by atoms with Crippen LogP contribution in [-0.4, -0.2) is 66.6 Å². The number of carbonyl (C=O) groups is 2. The van der Waals surface area contributed by atoms with Gasteiger partial charge in [0.2, 0.25) is 0 Å². The Morgan fingerprint density at radius 2 is 2.06 bits per heavy atom. The number of carboxylic acid groups (broad SMARTS) is 1. The Morgan fingerprint density at radius 3 is 2.50 bits per heavy atom. The number of hydrogen-bond acceptors (Lipinski definition) is 4. The normalized spacial score (nSPS) is 13.8.